The Morgan fingerprint density at radius 2 is 1.79 bits per heavy atom. The molecular formula is C25H22N4O4. The smallest absolute Gasteiger partial charge is 0.278 e. The average Bonchev–Trinajstić information content (AvgIpc) is 3.04. The van der Waals surface area contributed by atoms with Crippen LogP contribution < -0.4 is 15.4 Å². The zero-order valence-corrected chi connectivity index (χ0v) is 18.2. The predicted molar refractivity (Wildman–Crippen MR) is 124 cm³/mol. The fraction of sp³-hybridized carbons (Fsp3) is 0.120. The second-order valence-electron chi connectivity index (χ2n) is 7.42. The fourth-order valence-corrected chi connectivity index (χ4v) is 3.55. The zero-order valence-electron chi connectivity index (χ0n) is 18.2. The van der Waals surface area contributed by atoms with Crippen molar-refractivity contribution in [3.63, 3.8) is 0 Å². The lowest BCUT2D eigenvalue weighted by Gasteiger charge is -2.15. The summed E-state index contributed by atoms with van der Waals surface area (Å²) in [6.45, 7) is 1.52. The highest BCUT2D eigenvalue weighted by molar-refractivity contribution is 6.36. The van der Waals surface area contributed by atoms with E-state index in [2.05, 4.69) is 15.6 Å². The van der Waals surface area contributed by atoms with E-state index in [1.165, 1.54) is 11.8 Å². The summed E-state index contributed by atoms with van der Waals surface area (Å²) in [5.74, 6) is -0.433. The molecule has 0 fully saturated rings. The number of benzene rings is 2. The maximum Gasteiger partial charge on any atom is 0.278 e. The van der Waals surface area contributed by atoms with Crippen LogP contribution in [0.5, 0.6) is 5.75 Å². The quantitative estimate of drug-likeness (QED) is 0.544. The Morgan fingerprint density at radius 1 is 1.00 bits per heavy atom. The highest BCUT2D eigenvalue weighted by Crippen LogP contribution is 2.32. The maximum absolute atomic E-state index is 13.4. The van der Waals surface area contributed by atoms with E-state index in [1.807, 2.05) is 6.07 Å². The van der Waals surface area contributed by atoms with Gasteiger partial charge in [0, 0.05) is 36.8 Å². The lowest BCUT2D eigenvalue weighted by molar-refractivity contribution is -0.137. The molecule has 3 amide bonds. The predicted octanol–water partition coefficient (Wildman–Crippen LogP) is 3.44. The number of nitrogens with zero attached hydrogens (tertiary/aromatic N) is 2. The van der Waals surface area contributed by atoms with Gasteiger partial charge in [0.05, 0.1) is 19.2 Å². The number of rotatable bonds is 7. The van der Waals surface area contributed by atoms with E-state index in [1.54, 1.807) is 74.1 Å². The molecule has 0 saturated carbocycles. The molecule has 166 valence electrons. The summed E-state index contributed by atoms with van der Waals surface area (Å²) in [6, 6.07) is 17.5. The summed E-state index contributed by atoms with van der Waals surface area (Å²) < 4.78 is 5.26. The SMILES string of the molecule is COc1cccc(NC2=C(c3ccc(NC(C)=O)cc3)C(=O)N(Cc3cccnc3)C2=O)c1. The lowest BCUT2D eigenvalue weighted by Crippen LogP contribution is -2.32. The third-order valence-corrected chi connectivity index (χ3v) is 5.06. The average molecular weight is 442 g/mol. The van der Waals surface area contributed by atoms with Crippen LogP contribution in [-0.4, -0.2) is 34.7 Å². The largest absolute Gasteiger partial charge is 0.497 e. The van der Waals surface area contributed by atoms with Crippen molar-refractivity contribution in [1.29, 1.82) is 0 Å². The number of nitrogens with one attached hydrogen (secondary N) is 2. The van der Waals surface area contributed by atoms with Gasteiger partial charge in [-0.05, 0) is 41.5 Å². The molecular weight excluding hydrogens is 420 g/mol. The minimum Gasteiger partial charge on any atom is -0.497 e. The molecule has 0 saturated heterocycles. The Hall–Kier alpha value is -4.46. The van der Waals surface area contributed by atoms with Gasteiger partial charge in [0.1, 0.15) is 11.4 Å². The van der Waals surface area contributed by atoms with Crippen LogP contribution >= 0.6 is 0 Å². The molecule has 2 heterocycles. The first-order chi connectivity index (χ1) is 16.0. The van der Waals surface area contributed by atoms with Crippen molar-refractivity contribution in [2.75, 3.05) is 17.7 Å². The molecule has 33 heavy (non-hydrogen) atoms. The van der Waals surface area contributed by atoms with Crippen LogP contribution in [0.15, 0.2) is 78.8 Å². The van der Waals surface area contributed by atoms with Gasteiger partial charge in [-0.3, -0.25) is 24.3 Å². The van der Waals surface area contributed by atoms with Gasteiger partial charge >= 0.3 is 0 Å². The number of methoxy groups -OCH3 is 1. The first kappa shape index (κ1) is 21.8. The molecule has 8 nitrogen and oxygen atoms in total. The van der Waals surface area contributed by atoms with Crippen molar-refractivity contribution >= 4 is 34.7 Å². The van der Waals surface area contributed by atoms with Crippen LogP contribution in [0.1, 0.15) is 18.1 Å². The van der Waals surface area contributed by atoms with Gasteiger partial charge in [0.2, 0.25) is 5.91 Å². The van der Waals surface area contributed by atoms with Gasteiger partial charge in [-0.15, -0.1) is 0 Å². The molecule has 0 unspecified atom stereocenters. The molecule has 1 aliphatic heterocycles. The molecule has 0 atom stereocenters. The Kier molecular flexibility index (Phi) is 6.17. The van der Waals surface area contributed by atoms with Gasteiger partial charge in [-0.2, -0.15) is 0 Å². The second kappa shape index (κ2) is 9.35. The fourth-order valence-electron chi connectivity index (χ4n) is 3.55. The van der Waals surface area contributed by atoms with Gasteiger partial charge in [0.15, 0.2) is 0 Å². The molecule has 1 aliphatic rings. The number of carbonyl (C=O) groups is 3. The monoisotopic (exact) mass is 442 g/mol. The third-order valence-electron chi connectivity index (χ3n) is 5.06. The number of imide groups is 1. The summed E-state index contributed by atoms with van der Waals surface area (Å²) >= 11 is 0. The highest BCUT2D eigenvalue weighted by atomic mass is 16.5. The number of ether oxygens (including phenoxy) is 1. The van der Waals surface area contributed by atoms with Crippen molar-refractivity contribution in [2.45, 2.75) is 13.5 Å². The van der Waals surface area contributed by atoms with Crippen LogP contribution in [0, 0.1) is 0 Å². The Bertz CT molecular complexity index is 1240. The Labute approximate surface area is 190 Å². The molecule has 0 spiro atoms. The van der Waals surface area contributed by atoms with Crippen molar-refractivity contribution in [3.8, 4) is 5.75 Å². The lowest BCUT2D eigenvalue weighted by atomic mass is 10.0. The minimum atomic E-state index is -0.437. The number of anilines is 2. The van der Waals surface area contributed by atoms with E-state index < -0.39 is 11.8 Å². The van der Waals surface area contributed by atoms with Gasteiger partial charge in [0.25, 0.3) is 11.8 Å². The first-order valence-electron chi connectivity index (χ1n) is 10.2. The van der Waals surface area contributed by atoms with Gasteiger partial charge < -0.3 is 15.4 Å². The van der Waals surface area contributed by atoms with E-state index in [9.17, 15) is 14.4 Å². The number of aromatic nitrogens is 1. The second-order valence-corrected chi connectivity index (χ2v) is 7.42. The molecule has 2 N–H and O–H groups in total. The zero-order chi connectivity index (χ0) is 23.4. The van der Waals surface area contributed by atoms with E-state index in [0.717, 1.165) is 5.56 Å². The summed E-state index contributed by atoms with van der Waals surface area (Å²) in [5, 5.41) is 5.80. The Balaban J connectivity index is 1.72. The number of carbonyl (C=O) groups excluding carboxylic acids is 3. The summed E-state index contributed by atoms with van der Waals surface area (Å²) in [5.41, 5.74) is 2.92. The normalized spacial score (nSPS) is 13.3. The van der Waals surface area contributed by atoms with Crippen molar-refractivity contribution in [3.05, 3.63) is 89.9 Å². The van der Waals surface area contributed by atoms with E-state index in [0.29, 0.717) is 22.7 Å². The molecule has 0 bridgehead atoms. The summed E-state index contributed by atoms with van der Waals surface area (Å²) in [4.78, 5) is 43.3. The van der Waals surface area contributed by atoms with Crippen LogP contribution in [-0.2, 0) is 20.9 Å². The van der Waals surface area contributed by atoms with Crippen molar-refractivity contribution < 1.29 is 19.1 Å². The summed E-state index contributed by atoms with van der Waals surface area (Å²) in [7, 11) is 1.56. The molecule has 0 radical (unpaired) electrons. The minimum absolute atomic E-state index is 0.0995. The van der Waals surface area contributed by atoms with Crippen LogP contribution in [0.3, 0.4) is 0 Å². The van der Waals surface area contributed by atoms with E-state index in [-0.39, 0.29) is 23.7 Å². The molecule has 1 aromatic heterocycles. The van der Waals surface area contributed by atoms with Crippen LogP contribution in [0.4, 0.5) is 11.4 Å². The molecule has 0 aliphatic carbocycles. The summed E-state index contributed by atoms with van der Waals surface area (Å²) in [6.07, 6.45) is 3.25. The van der Waals surface area contributed by atoms with Gasteiger partial charge in [-0.1, -0.05) is 24.3 Å². The molecule has 4 rings (SSSR count). The molecule has 8 heteroatoms. The van der Waals surface area contributed by atoms with Crippen molar-refractivity contribution in [1.82, 2.24) is 9.88 Å². The first-order valence-corrected chi connectivity index (χ1v) is 10.2. The standard InChI is InChI=1S/C25H22N4O4/c1-16(30)27-19-10-8-18(9-11-19)22-23(28-20-6-3-7-21(13-20)33-2)25(32)29(24(22)31)15-17-5-4-12-26-14-17/h3-14,28H,15H2,1-2H3,(H,27,30). The van der Waals surface area contributed by atoms with Gasteiger partial charge in [-0.25, -0.2) is 0 Å². The van der Waals surface area contributed by atoms with E-state index in [4.69, 9.17) is 4.74 Å². The van der Waals surface area contributed by atoms with Crippen molar-refractivity contribution in [2.24, 2.45) is 0 Å². The van der Waals surface area contributed by atoms with Crippen LogP contribution in [0.2, 0.25) is 0 Å². The highest BCUT2D eigenvalue weighted by Gasteiger charge is 2.39. The molecule has 3 aromatic rings. The topological polar surface area (TPSA) is 101 Å². The van der Waals surface area contributed by atoms with E-state index >= 15 is 0 Å². The third kappa shape index (κ3) is 4.74. The number of amides is 3. The molecule has 2 aromatic carbocycles. The number of hydrogen-bond acceptors (Lipinski definition) is 6. The number of pyridine rings is 1. The van der Waals surface area contributed by atoms with Crippen LogP contribution in [0.25, 0.3) is 5.57 Å². The number of hydrogen-bond donors (Lipinski definition) is 2. The Morgan fingerprint density at radius 3 is 2.45 bits per heavy atom. The maximum atomic E-state index is 13.4.